The molecule has 124 valence electrons. The van der Waals surface area contributed by atoms with Gasteiger partial charge in [0.25, 0.3) is 0 Å². The summed E-state index contributed by atoms with van der Waals surface area (Å²) in [5.74, 6) is -0.121. The third kappa shape index (κ3) is 2.72. The summed E-state index contributed by atoms with van der Waals surface area (Å²) in [5, 5.41) is 4.82. The number of imide groups is 1. The number of carbonyl (C=O) groups excluding carboxylic acids is 2. The maximum Gasteiger partial charge on any atom is 0.324 e. The average molecular weight is 341 g/mol. The Bertz CT molecular complexity index is 759. The molecule has 2 aliphatic rings. The largest absolute Gasteiger partial charge is 0.336 e. The number of hydrogen-bond acceptors (Lipinski definition) is 4. The third-order valence-electron chi connectivity index (χ3n) is 4.68. The van der Waals surface area contributed by atoms with Crippen LogP contribution >= 0.6 is 11.3 Å². The van der Waals surface area contributed by atoms with Gasteiger partial charge in [-0.1, -0.05) is 30.3 Å². The number of fused-ring (bicyclic) bond motifs is 1. The molecular formula is C18H19N3O2S. The van der Waals surface area contributed by atoms with Crippen LogP contribution in [0.5, 0.6) is 0 Å². The van der Waals surface area contributed by atoms with E-state index < -0.39 is 0 Å². The molecule has 1 N–H and O–H groups in total. The molecule has 1 aromatic heterocycles. The first-order chi connectivity index (χ1) is 11.7. The van der Waals surface area contributed by atoms with Gasteiger partial charge in [0.2, 0.25) is 5.91 Å². The molecule has 3 amide bonds. The summed E-state index contributed by atoms with van der Waals surface area (Å²) in [7, 11) is 0. The van der Waals surface area contributed by atoms with E-state index in [0.717, 1.165) is 13.0 Å². The Hall–Kier alpha value is -2.18. The summed E-state index contributed by atoms with van der Waals surface area (Å²) in [6, 6.07) is 12.3. The minimum atomic E-state index is -0.274. The Labute approximate surface area is 144 Å². The first kappa shape index (κ1) is 15.4. The number of nitrogens with zero attached hydrogens (tertiary/aromatic N) is 2. The highest BCUT2D eigenvalue weighted by atomic mass is 32.1. The minimum Gasteiger partial charge on any atom is -0.336 e. The zero-order chi connectivity index (χ0) is 16.5. The normalized spacial score (nSPS) is 20.8. The van der Waals surface area contributed by atoms with Gasteiger partial charge in [0.1, 0.15) is 0 Å². The van der Waals surface area contributed by atoms with E-state index in [-0.39, 0.29) is 24.5 Å². The first-order valence-electron chi connectivity index (χ1n) is 8.17. The molecule has 0 aliphatic carbocycles. The quantitative estimate of drug-likeness (QED) is 0.932. The van der Waals surface area contributed by atoms with Crippen LogP contribution in [0, 0.1) is 0 Å². The molecule has 1 atom stereocenters. The van der Waals surface area contributed by atoms with Crippen molar-refractivity contribution in [1.29, 1.82) is 0 Å². The van der Waals surface area contributed by atoms with E-state index in [9.17, 15) is 9.59 Å². The fourth-order valence-corrected chi connectivity index (χ4v) is 4.44. The zero-order valence-corrected chi connectivity index (χ0v) is 14.1. The van der Waals surface area contributed by atoms with Gasteiger partial charge in [-0.15, -0.1) is 11.3 Å². The fraction of sp³-hybridized carbons (Fsp3) is 0.333. The van der Waals surface area contributed by atoms with Crippen molar-refractivity contribution in [3.63, 3.8) is 0 Å². The molecule has 1 aromatic carbocycles. The van der Waals surface area contributed by atoms with Gasteiger partial charge in [-0.25, -0.2) is 4.79 Å². The fourth-order valence-electron chi connectivity index (χ4n) is 3.53. The average Bonchev–Trinajstić information content (AvgIpc) is 3.24. The molecule has 0 saturated carbocycles. The number of amides is 3. The lowest BCUT2D eigenvalue weighted by Crippen LogP contribution is -2.45. The highest BCUT2D eigenvalue weighted by Crippen LogP contribution is 2.37. The second kappa shape index (κ2) is 6.37. The molecule has 4 rings (SSSR count). The van der Waals surface area contributed by atoms with Gasteiger partial charge in [-0.05, 0) is 29.0 Å². The van der Waals surface area contributed by atoms with Crippen molar-refractivity contribution in [3.05, 3.63) is 57.8 Å². The minimum absolute atomic E-state index is 0.0795. The molecule has 3 heterocycles. The second-order valence-corrected chi connectivity index (χ2v) is 7.11. The summed E-state index contributed by atoms with van der Waals surface area (Å²) in [6.45, 7) is 2.10. The van der Waals surface area contributed by atoms with Crippen LogP contribution in [0.15, 0.2) is 41.8 Å². The van der Waals surface area contributed by atoms with Crippen LogP contribution in [0.2, 0.25) is 0 Å². The number of carbonyl (C=O) groups is 2. The van der Waals surface area contributed by atoms with Crippen molar-refractivity contribution < 1.29 is 9.59 Å². The van der Waals surface area contributed by atoms with Crippen LogP contribution in [-0.2, 0) is 11.2 Å². The maximum absolute atomic E-state index is 12.6. The Morgan fingerprint density at radius 1 is 1.21 bits per heavy atom. The highest BCUT2D eigenvalue weighted by Gasteiger charge is 2.33. The molecule has 6 heteroatoms. The lowest BCUT2D eigenvalue weighted by Gasteiger charge is -2.36. The Morgan fingerprint density at radius 2 is 2.04 bits per heavy atom. The predicted octanol–water partition coefficient (Wildman–Crippen LogP) is 2.25. The van der Waals surface area contributed by atoms with Crippen molar-refractivity contribution in [3.8, 4) is 0 Å². The summed E-state index contributed by atoms with van der Waals surface area (Å²) in [5.41, 5.74) is 2.48. The van der Waals surface area contributed by atoms with Crippen LogP contribution in [0.25, 0.3) is 0 Å². The molecule has 1 fully saturated rings. The SMILES string of the molecule is O=C(CN1CCc2sccc2[C@H]1c1ccccc1)N1CCNC1=O. The molecule has 5 nitrogen and oxygen atoms in total. The van der Waals surface area contributed by atoms with Gasteiger partial charge in [0.05, 0.1) is 12.6 Å². The van der Waals surface area contributed by atoms with Gasteiger partial charge in [0, 0.05) is 24.5 Å². The summed E-state index contributed by atoms with van der Waals surface area (Å²) >= 11 is 1.78. The van der Waals surface area contributed by atoms with Crippen molar-refractivity contribution in [2.24, 2.45) is 0 Å². The molecule has 0 radical (unpaired) electrons. The van der Waals surface area contributed by atoms with Crippen LogP contribution < -0.4 is 5.32 Å². The van der Waals surface area contributed by atoms with Crippen LogP contribution in [-0.4, -0.2) is 47.9 Å². The Balaban J connectivity index is 1.62. The van der Waals surface area contributed by atoms with Gasteiger partial charge in [-0.2, -0.15) is 0 Å². The van der Waals surface area contributed by atoms with E-state index in [4.69, 9.17) is 0 Å². The molecule has 24 heavy (non-hydrogen) atoms. The summed E-state index contributed by atoms with van der Waals surface area (Å²) < 4.78 is 0. The molecular weight excluding hydrogens is 322 g/mol. The molecule has 2 aliphatic heterocycles. The number of hydrogen-bond donors (Lipinski definition) is 1. The molecule has 0 bridgehead atoms. The van der Waals surface area contributed by atoms with E-state index in [1.165, 1.54) is 20.9 Å². The standard InChI is InChI=1S/C18H19N3O2S/c22-16(21-10-8-19-18(21)23)12-20-9-6-15-14(7-11-24-15)17(20)13-4-2-1-3-5-13/h1-5,7,11,17H,6,8-10,12H2,(H,19,23)/t17-/m1/s1. The maximum atomic E-state index is 12.6. The van der Waals surface area contributed by atoms with E-state index >= 15 is 0 Å². The van der Waals surface area contributed by atoms with E-state index in [2.05, 4.69) is 33.8 Å². The summed E-state index contributed by atoms with van der Waals surface area (Å²) in [4.78, 5) is 29.2. The van der Waals surface area contributed by atoms with Crippen molar-refractivity contribution in [2.75, 3.05) is 26.2 Å². The predicted molar refractivity (Wildman–Crippen MR) is 93.0 cm³/mol. The molecule has 0 unspecified atom stereocenters. The van der Waals surface area contributed by atoms with Crippen molar-refractivity contribution in [2.45, 2.75) is 12.5 Å². The highest BCUT2D eigenvalue weighted by molar-refractivity contribution is 7.10. The molecule has 2 aromatic rings. The number of benzene rings is 1. The van der Waals surface area contributed by atoms with Crippen LogP contribution in [0.4, 0.5) is 4.79 Å². The smallest absolute Gasteiger partial charge is 0.324 e. The molecule has 1 saturated heterocycles. The zero-order valence-electron chi connectivity index (χ0n) is 13.3. The Kier molecular flexibility index (Phi) is 4.08. The lowest BCUT2D eigenvalue weighted by molar-refractivity contribution is -0.129. The number of nitrogens with one attached hydrogen (secondary N) is 1. The number of urea groups is 1. The van der Waals surface area contributed by atoms with Crippen LogP contribution in [0.3, 0.4) is 0 Å². The van der Waals surface area contributed by atoms with Gasteiger partial charge >= 0.3 is 6.03 Å². The van der Waals surface area contributed by atoms with Gasteiger partial charge < -0.3 is 5.32 Å². The van der Waals surface area contributed by atoms with E-state index in [1.54, 1.807) is 11.3 Å². The number of thiophene rings is 1. The van der Waals surface area contributed by atoms with Crippen molar-refractivity contribution >= 4 is 23.3 Å². The van der Waals surface area contributed by atoms with Gasteiger partial charge in [0.15, 0.2) is 0 Å². The van der Waals surface area contributed by atoms with Gasteiger partial charge in [-0.3, -0.25) is 14.6 Å². The number of rotatable bonds is 3. The van der Waals surface area contributed by atoms with E-state index in [0.29, 0.717) is 13.1 Å². The molecule has 0 spiro atoms. The monoisotopic (exact) mass is 341 g/mol. The topological polar surface area (TPSA) is 52.7 Å². The lowest BCUT2D eigenvalue weighted by atomic mass is 9.93. The Morgan fingerprint density at radius 3 is 2.79 bits per heavy atom. The third-order valence-corrected chi connectivity index (χ3v) is 5.67. The van der Waals surface area contributed by atoms with E-state index in [1.807, 2.05) is 18.2 Å². The first-order valence-corrected chi connectivity index (χ1v) is 9.05. The summed E-state index contributed by atoms with van der Waals surface area (Å²) in [6.07, 6.45) is 0.954. The second-order valence-electron chi connectivity index (χ2n) is 6.11. The van der Waals surface area contributed by atoms with Crippen molar-refractivity contribution in [1.82, 2.24) is 15.1 Å². The van der Waals surface area contributed by atoms with Crippen LogP contribution in [0.1, 0.15) is 22.0 Å².